The lowest BCUT2D eigenvalue weighted by molar-refractivity contribution is -0.179. The fraction of sp³-hybridized carbons (Fsp3) is 0.833. The van der Waals surface area contributed by atoms with Gasteiger partial charge in [0.05, 0.1) is 0 Å². The lowest BCUT2D eigenvalue weighted by Gasteiger charge is -2.37. The number of likely N-dealkylation sites (N-methyl/N-ethyl adjacent to an activating group) is 3. The van der Waals surface area contributed by atoms with Crippen LogP contribution in [0.3, 0.4) is 0 Å². The largest absolute Gasteiger partial charge is 0.451 e. The van der Waals surface area contributed by atoms with Gasteiger partial charge in [-0.15, -0.1) is 0 Å². The van der Waals surface area contributed by atoms with E-state index in [9.17, 15) is 28.8 Å². The molecule has 1 aliphatic heterocycles. The van der Waals surface area contributed by atoms with Crippen molar-refractivity contribution in [3.63, 3.8) is 0 Å². The third-order valence-corrected chi connectivity index (χ3v) is 10.2. The zero-order valence-corrected chi connectivity index (χ0v) is 30.3. The Bertz CT molecular complexity index is 1080. The summed E-state index contributed by atoms with van der Waals surface area (Å²) in [5, 5.41) is 0. The molecule has 0 aromatic carbocycles. The predicted octanol–water partition coefficient (Wildman–Crippen LogP) is 3.58. The van der Waals surface area contributed by atoms with E-state index < -0.39 is 89.8 Å². The van der Waals surface area contributed by atoms with Crippen LogP contribution in [0.4, 0.5) is 0 Å². The first kappa shape index (κ1) is 37.6. The second-order valence-corrected chi connectivity index (χ2v) is 15.7. The van der Waals surface area contributed by atoms with Gasteiger partial charge in [0, 0.05) is 21.1 Å². The van der Waals surface area contributed by atoms with Crippen molar-refractivity contribution in [2.24, 2.45) is 35.5 Å². The molecule has 0 aromatic heterocycles. The minimum atomic E-state index is -1.17. The van der Waals surface area contributed by atoms with E-state index in [1.807, 2.05) is 0 Å². The molecule has 4 aliphatic rings. The zero-order chi connectivity index (χ0) is 35.6. The average Bonchev–Trinajstić information content (AvgIpc) is 3.83. The smallest absolute Gasteiger partial charge is 0.329 e. The molecule has 12 heteroatoms. The van der Waals surface area contributed by atoms with Crippen molar-refractivity contribution in [2.45, 2.75) is 136 Å². The molecule has 6 unspecified atom stereocenters. The summed E-state index contributed by atoms with van der Waals surface area (Å²) in [4.78, 5) is 87.8. The SMILES string of the molecule is CC(C)C1C(=O)OC(CC2CC2)C(=O)N(C)C(C(C)C)C(=O)OC(CC2CC2)C(=O)N(C)C(C(C)C)C(=O)OC(CC2CC2)C(=O)N1C. The first-order chi connectivity index (χ1) is 22.5. The Labute approximate surface area is 285 Å². The molecule has 6 atom stereocenters. The molecule has 270 valence electrons. The molecule has 0 bridgehead atoms. The third-order valence-electron chi connectivity index (χ3n) is 10.2. The van der Waals surface area contributed by atoms with Gasteiger partial charge in [0.2, 0.25) is 0 Å². The molecule has 0 radical (unpaired) electrons. The lowest BCUT2D eigenvalue weighted by atomic mass is 9.99. The third kappa shape index (κ3) is 9.28. The fourth-order valence-electron chi connectivity index (χ4n) is 6.92. The van der Waals surface area contributed by atoms with Crippen LogP contribution in [-0.4, -0.2) is 108 Å². The maximum atomic E-state index is 14.1. The molecule has 3 amide bonds. The number of rotatable bonds is 9. The van der Waals surface area contributed by atoms with Crippen LogP contribution >= 0.6 is 0 Å². The van der Waals surface area contributed by atoms with Crippen LogP contribution in [0, 0.1) is 35.5 Å². The van der Waals surface area contributed by atoms with Crippen molar-refractivity contribution in [1.29, 1.82) is 0 Å². The van der Waals surface area contributed by atoms with Gasteiger partial charge in [-0.3, -0.25) is 14.4 Å². The van der Waals surface area contributed by atoms with E-state index in [-0.39, 0.29) is 17.8 Å². The molecule has 4 fully saturated rings. The van der Waals surface area contributed by atoms with Gasteiger partial charge in [-0.05, 0) is 54.8 Å². The van der Waals surface area contributed by atoms with Gasteiger partial charge in [0.25, 0.3) is 17.7 Å². The normalized spacial score (nSPS) is 30.9. The Kier molecular flexibility index (Phi) is 12.2. The van der Waals surface area contributed by atoms with Gasteiger partial charge in [-0.1, -0.05) is 80.1 Å². The molecule has 1 saturated heterocycles. The first-order valence-electron chi connectivity index (χ1n) is 17.9. The van der Waals surface area contributed by atoms with E-state index in [1.165, 1.54) is 35.8 Å². The fourth-order valence-corrected chi connectivity index (χ4v) is 6.92. The average molecular weight is 676 g/mol. The number of carbonyl (C=O) groups excluding carboxylic acids is 6. The molecular weight excluding hydrogens is 618 g/mol. The molecule has 0 N–H and O–H groups in total. The Morgan fingerprint density at radius 2 is 0.667 bits per heavy atom. The topological polar surface area (TPSA) is 140 Å². The summed E-state index contributed by atoms with van der Waals surface area (Å²) in [6.07, 6.45) is 2.77. The molecule has 48 heavy (non-hydrogen) atoms. The number of hydrogen-bond acceptors (Lipinski definition) is 9. The highest BCUT2D eigenvalue weighted by Crippen LogP contribution is 2.38. The van der Waals surface area contributed by atoms with E-state index in [1.54, 1.807) is 41.5 Å². The predicted molar refractivity (Wildman–Crippen MR) is 176 cm³/mol. The van der Waals surface area contributed by atoms with Gasteiger partial charge in [0.1, 0.15) is 18.1 Å². The molecule has 3 saturated carbocycles. The Balaban J connectivity index is 1.77. The van der Waals surface area contributed by atoms with E-state index in [2.05, 4.69) is 0 Å². The molecule has 3 aliphatic carbocycles. The standard InChI is InChI=1S/C36H57N3O9/c1-19(2)28-34(43)46-26(17-23-12-13-23)32(41)38(8)30(21(5)6)36(45)48-27(18-24-14-15-24)33(42)39(9)29(20(3)4)35(44)47-25(16-22-10-11-22)31(40)37(28)7/h19-30H,10-18H2,1-9H3. The van der Waals surface area contributed by atoms with E-state index in [0.717, 1.165) is 38.5 Å². The summed E-state index contributed by atoms with van der Waals surface area (Å²) in [5.41, 5.74) is 0. The van der Waals surface area contributed by atoms with Crippen molar-refractivity contribution in [1.82, 2.24) is 14.7 Å². The molecule has 0 spiro atoms. The lowest BCUT2D eigenvalue weighted by Crippen LogP contribution is -2.56. The van der Waals surface area contributed by atoms with Gasteiger partial charge in [-0.25, -0.2) is 14.4 Å². The van der Waals surface area contributed by atoms with Gasteiger partial charge in [-0.2, -0.15) is 0 Å². The second kappa shape index (κ2) is 15.6. The molecule has 12 nitrogen and oxygen atoms in total. The quantitative estimate of drug-likeness (QED) is 0.265. The summed E-state index contributed by atoms with van der Waals surface area (Å²) in [7, 11) is 4.48. The summed E-state index contributed by atoms with van der Waals surface area (Å²) < 4.78 is 17.9. The minimum absolute atomic E-state index is 0.201. The van der Waals surface area contributed by atoms with E-state index >= 15 is 0 Å². The zero-order valence-electron chi connectivity index (χ0n) is 30.3. The van der Waals surface area contributed by atoms with Crippen LogP contribution in [0.5, 0.6) is 0 Å². The number of hydrogen-bond donors (Lipinski definition) is 0. The molecule has 0 aromatic rings. The summed E-state index contributed by atoms with van der Waals surface area (Å²) >= 11 is 0. The highest BCUT2D eigenvalue weighted by molar-refractivity contribution is 5.94. The number of esters is 3. The van der Waals surface area contributed by atoms with Crippen LogP contribution in [0.15, 0.2) is 0 Å². The number of ether oxygens (including phenoxy) is 3. The molecular formula is C36H57N3O9. The van der Waals surface area contributed by atoms with Gasteiger partial charge >= 0.3 is 17.9 Å². The summed E-state index contributed by atoms with van der Waals surface area (Å²) in [5.74, 6) is -4.38. The van der Waals surface area contributed by atoms with Crippen molar-refractivity contribution < 1.29 is 43.0 Å². The van der Waals surface area contributed by atoms with Crippen LogP contribution in [0.1, 0.15) is 99.3 Å². The van der Waals surface area contributed by atoms with Crippen molar-refractivity contribution >= 4 is 35.6 Å². The number of cyclic esters (lactones) is 3. The number of nitrogens with zero attached hydrogens (tertiary/aromatic N) is 3. The van der Waals surface area contributed by atoms with Crippen LogP contribution in [-0.2, 0) is 43.0 Å². The summed E-state index contributed by atoms with van der Waals surface area (Å²) in [6, 6.07) is -3.18. The Morgan fingerprint density at radius 1 is 0.458 bits per heavy atom. The van der Waals surface area contributed by atoms with Crippen LogP contribution < -0.4 is 0 Å². The van der Waals surface area contributed by atoms with Gasteiger partial charge < -0.3 is 28.9 Å². The second-order valence-electron chi connectivity index (χ2n) is 15.7. The molecule has 1 heterocycles. The highest BCUT2D eigenvalue weighted by Gasteiger charge is 2.46. The first-order valence-corrected chi connectivity index (χ1v) is 17.9. The Hall–Kier alpha value is -3.18. The monoisotopic (exact) mass is 675 g/mol. The van der Waals surface area contributed by atoms with Crippen LogP contribution in [0.2, 0.25) is 0 Å². The molecule has 4 rings (SSSR count). The summed E-state index contributed by atoms with van der Waals surface area (Å²) in [6.45, 7) is 10.7. The number of carbonyl (C=O) groups is 6. The van der Waals surface area contributed by atoms with Crippen molar-refractivity contribution in [2.75, 3.05) is 21.1 Å². The van der Waals surface area contributed by atoms with E-state index in [0.29, 0.717) is 19.3 Å². The maximum Gasteiger partial charge on any atom is 0.329 e. The van der Waals surface area contributed by atoms with Crippen molar-refractivity contribution in [3.8, 4) is 0 Å². The van der Waals surface area contributed by atoms with Crippen molar-refractivity contribution in [3.05, 3.63) is 0 Å². The number of amides is 3. The maximum absolute atomic E-state index is 14.1. The van der Waals surface area contributed by atoms with Gasteiger partial charge in [0.15, 0.2) is 18.3 Å². The van der Waals surface area contributed by atoms with E-state index in [4.69, 9.17) is 14.2 Å². The minimum Gasteiger partial charge on any atom is -0.451 e. The Morgan fingerprint density at radius 3 is 0.833 bits per heavy atom. The van der Waals surface area contributed by atoms with Crippen LogP contribution in [0.25, 0.3) is 0 Å². The highest BCUT2D eigenvalue weighted by atomic mass is 16.6.